The molecule has 6 heteroatoms. The van der Waals surface area contributed by atoms with E-state index in [9.17, 15) is 9.18 Å². The molecule has 0 aliphatic carbocycles. The lowest BCUT2D eigenvalue weighted by Gasteiger charge is -2.31. The molecule has 5 nitrogen and oxygen atoms in total. The van der Waals surface area contributed by atoms with E-state index in [1.165, 1.54) is 12.5 Å². The molecule has 0 spiro atoms. The van der Waals surface area contributed by atoms with Gasteiger partial charge in [0.05, 0.1) is 0 Å². The minimum atomic E-state index is -0.222. The number of likely N-dealkylation sites (tertiary alicyclic amines) is 1. The number of aromatic amines is 1. The van der Waals surface area contributed by atoms with E-state index in [1.54, 1.807) is 12.1 Å². The lowest BCUT2D eigenvalue weighted by Crippen LogP contribution is -2.47. The second-order valence-corrected chi connectivity index (χ2v) is 8.89. The summed E-state index contributed by atoms with van der Waals surface area (Å²) in [5, 5.41) is 11.0. The van der Waals surface area contributed by atoms with Gasteiger partial charge in [0, 0.05) is 30.2 Å². The smallest absolute Gasteiger partial charge is 0.274 e. The van der Waals surface area contributed by atoms with E-state index < -0.39 is 0 Å². The van der Waals surface area contributed by atoms with E-state index in [0.717, 1.165) is 43.5 Å². The first-order valence-electron chi connectivity index (χ1n) is 10.9. The number of rotatable bonds is 4. The van der Waals surface area contributed by atoms with E-state index in [1.807, 2.05) is 17.0 Å². The number of nitrogens with one attached hydrogen (secondary N) is 2. The summed E-state index contributed by atoms with van der Waals surface area (Å²) in [6.07, 6.45) is 5.27. The van der Waals surface area contributed by atoms with Crippen LogP contribution in [-0.2, 0) is 6.42 Å². The van der Waals surface area contributed by atoms with Crippen molar-refractivity contribution in [1.29, 1.82) is 0 Å². The van der Waals surface area contributed by atoms with Gasteiger partial charge in [0.2, 0.25) is 0 Å². The summed E-state index contributed by atoms with van der Waals surface area (Å²) in [7, 11) is 0. The van der Waals surface area contributed by atoms with Crippen molar-refractivity contribution in [2.45, 2.75) is 64.0 Å². The molecule has 2 aliphatic heterocycles. The third-order valence-corrected chi connectivity index (χ3v) is 6.21. The molecule has 0 bridgehead atoms. The molecule has 0 unspecified atom stereocenters. The molecule has 1 amide bonds. The summed E-state index contributed by atoms with van der Waals surface area (Å²) < 4.78 is 13.9. The Morgan fingerprint density at radius 1 is 1.28 bits per heavy atom. The van der Waals surface area contributed by atoms with E-state index in [2.05, 4.69) is 29.4 Å². The van der Waals surface area contributed by atoms with Gasteiger partial charge in [-0.1, -0.05) is 38.8 Å². The quantitative estimate of drug-likeness (QED) is 0.821. The summed E-state index contributed by atoms with van der Waals surface area (Å²) in [4.78, 5) is 15.4. The number of carbonyl (C=O) groups is 1. The maximum Gasteiger partial charge on any atom is 0.274 e. The van der Waals surface area contributed by atoms with Crippen molar-refractivity contribution in [2.24, 2.45) is 5.92 Å². The van der Waals surface area contributed by atoms with Gasteiger partial charge < -0.3 is 10.2 Å². The molecule has 0 saturated carbocycles. The van der Waals surface area contributed by atoms with Crippen molar-refractivity contribution in [3.8, 4) is 0 Å². The number of halogens is 1. The number of hydrogen-bond donors (Lipinski definition) is 2. The SMILES string of the molecule is CC(C)Cc1cc(C(=O)N2C[C@@H](c3cccc(F)c3)[C@@H]3NCCCCC[C@H]32)n[nH]1. The zero-order valence-electron chi connectivity index (χ0n) is 17.3. The van der Waals surface area contributed by atoms with Crippen molar-refractivity contribution in [3.63, 3.8) is 0 Å². The molecule has 2 aromatic rings. The van der Waals surface area contributed by atoms with Crippen LogP contribution in [0.25, 0.3) is 0 Å². The topological polar surface area (TPSA) is 61.0 Å². The van der Waals surface area contributed by atoms with Crippen LogP contribution in [0.3, 0.4) is 0 Å². The molecule has 0 radical (unpaired) electrons. The van der Waals surface area contributed by atoms with Gasteiger partial charge in [0.15, 0.2) is 0 Å². The Morgan fingerprint density at radius 3 is 2.93 bits per heavy atom. The highest BCUT2D eigenvalue weighted by Gasteiger charge is 2.44. The largest absolute Gasteiger partial charge is 0.332 e. The molecular weight excluding hydrogens is 367 g/mol. The summed E-state index contributed by atoms with van der Waals surface area (Å²) in [5.74, 6) is 0.349. The molecule has 29 heavy (non-hydrogen) atoms. The number of carbonyl (C=O) groups excluding carboxylic acids is 1. The van der Waals surface area contributed by atoms with Gasteiger partial charge in [-0.3, -0.25) is 9.89 Å². The first-order chi connectivity index (χ1) is 14.0. The molecule has 156 valence electrons. The fraction of sp³-hybridized carbons (Fsp3) is 0.565. The van der Waals surface area contributed by atoms with E-state index in [4.69, 9.17) is 0 Å². The fourth-order valence-electron chi connectivity index (χ4n) is 4.91. The minimum Gasteiger partial charge on any atom is -0.332 e. The van der Waals surface area contributed by atoms with Crippen LogP contribution in [0.1, 0.15) is 67.2 Å². The monoisotopic (exact) mass is 398 g/mol. The number of benzene rings is 1. The van der Waals surface area contributed by atoms with E-state index in [-0.39, 0.29) is 29.7 Å². The predicted molar refractivity (Wildman–Crippen MR) is 111 cm³/mol. The minimum absolute atomic E-state index is 0.0208. The van der Waals surface area contributed by atoms with Gasteiger partial charge in [-0.2, -0.15) is 5.10 Å². The van der Waals surface area contributed by atoms with Crippen LogP contribution in [0.15, 0.2) is 30.3 Å². The van der Waals surface area contributed by atoms with Crippen LogP contribution in [0.4, 0.5) is 4.39 Å². The highest BCUT2D eigenvalue weighted by molar-refractivity contribution is 5.93. The van der Waals surface area contributed by atoms with Crippen molar-refractivity contribution < 1.29 is 9.18 Å². The first-order valence-corrected chi connectivity index (χ1v) is 10.9. The second-order valence-electron chi connectivity index (χ2n) is 8.89. The van der Waals surface area contributed by atoms with Gasteiger partial charge in [-0.15, -0.1) is 0 Å². The van der Waals surface area contributed by atoms with Gasteiger partial charge in [-0.25, -0.2) is 4.39 Å². The number of H-pyrrole nitrogens is 1. The van der Waals surface area contributed by atoms with Gasteiger partial charge >= 0.3 is 0 Å². The number of fused-ring (bicyclic) bond motifs is 1. The van der Waals surface area contributed by atoms with Crippen LogP contribution < -0.4 is 5.32 Å². The molecule has 2 saturated heterocycles. The molecule has 2 fully saturated rings. The zero-order chi connectivity index (χ0) is 20.4. The lowest BCUT2D eigenvalue weighted by atomic mass is 9.88. The highest BCUT2D eigenvalue weighted by Crippen LogP contribution is 2.36. The Morgan fingerprint density at radius 2 is 2.14 bits per heavy atom. The molecule has 4 rings (SSSR count). The molecule has 2 aliphatic rings. The average molecular weight is 399 g/mol. The number of amides is 1. The van der Waals surface area contributed by atoms with Crippen LogP contribution >= 0.6 is 0 Å². The molecule has 1 aromatic heterocycles. The lowest BCUT2D eigenvalue weighted by molar-refractivity contribution is 0.0707. The Labute approximate surface area is 172 Å². The van der Waals surface area contributed by atoms with E-state index >= 15 is 0 Å². The molecule has 3 atom stereocenters. The molecule has 3 heterocycles. The summed E-state index contributed by atoms with van der Waals surface area (Å²) in [6.45, 7) is 5.83. The zero-order valence-corrected chi connectivity index (χ0v) is 17.3. The van der Waals surface area contributed by atoms with Gasteiger partial charge in [0.1, 0.15) is 11.5 Å². The maximum absolute atomic E-state index is 13.9. The van der Waals surface area contributed by atoms with Crippen molar-refractivity contribution in [3.05, 3.63) is 53.1 Å². The van der Waals surface area contributed by atoms with Crippen molar-refractivity contribution in [1.82, 2.24) is 20.4 Å². The van der Waals surface area contributed by atoms with Crippen molar-refractivity contribution in [2.75, 3.05) is 13.1 Å². The summed E-state index contributed by atoms with van der Waals surface area (Å²) in [6, 6.07) is 8.99. The average Bonchev–Trinajstić information content (AvgIpc) is 3.25. The van der Waals surface area contributed by atoms with Gasteiger partial charge in [-0.05, 0) is 55.5 Å². The standard InChI is InChI=1S/C23H31FN4O/c1-15(2)11-18-13-20(27-26-18)23(29)28-14-19(16-7-6-8-17(24)12-16)22-21(28)9-4-3-5-10-25-22/h6-8,12-13,15,19,21-22,25H,3-5,9-11,14H2,1-2H3,(H,26,27)/t19-,21+,22-/m0/s1. The summed E-state index contributed by atoms with van der Waals surface area (Å²) in [5.41, 5.74) is 2.45. The predicted octanol–water partition coefficient (Wildman–Crippen LogP) is 3.89. The number of nitrogens with zero attached hydrogens (tertiary/aromatic N) is 2. The Hall–Kier alpha value is -2.21. The Bertz CT molecular complexity index is 849. The molecule has 1 aromatic carbocycles. The molecule has 2 N–H and O–H groups in total. The normalized spacial score (nSPS) is 25.0. The highest BCUT2D eigenvalue weighted by atomic mass is 19.1. The second kappa shape index (κ2) is 8.66. The van der Waals surface area contributed by atoms with Crippen LogP contribution in [0.2, 0.25) is 0 Å². The van der Waals surface area contributed by atoms with Crippen molar-refractivity contribution >= 4 is 5.91 Å². The number of aromatic nitrogens is 2. The van der Waals surface area contributed by atoms with Crippen LogP contribution in [0, 0.1) is 11.7 Å². The summed E-state index contributed by atoms with van der Waals surface area (Å²) >= 11 is 0. The fourth-order valence-corrected chi connectivity index (χ4v) is 4.91. The van der Waals surface area contributed by atoms with Crippen LogP contribution in [-0.4, -0.2) is 46.2 Å². The van der Waals surface area contributed by atoms with Crippen LogP contribution in [0.5, 0.6) is 0 Å². The third-order valence-electron chi connectivity index (χ3n) is 6.21. The third kappa shape index (κ3) is 4.37. The number of hydrogen-bond acceptors (Lipinski definition) is 3. The van der Waals surface area contributed by atoms with E-state index in [0.29, 0.717) is 18.2 Å². The maximum atomic E-state index is 13.9. The Kier molecular flexibility index (Phi) is 5.99. The Balaban J connectivity index is 1.61. The van der Waals surface area contributed by atoms with Gasteiger partial charge in [0.25, 0.3) is 5.91 Å². The first kappa shape index (κ1) is 20.1. The molecular formula is C23H31FN4O.